The summed E-state index contributed by atoms with van der Waals surface area (Å²) in [4.78, 5) is 2.73. The second-order valence-electron chi connectivity index (χ2n) is 6.20. The van der Waals surface area contributed by atoms with E-state index in [-0.39, 0.29) is 12.8 Å². The maximum Gasteiger partial charge on any atom is 0.231 e. The molecule has 22 heavy (non-hydrogen) atoms. The van der Waals surface area contributed by atoms with Gasteiger partial charge in [0.25, 0.3) is 0 Å². The fourth-order valence-corrected chi connectivity index (χ4v) is 3.05. The summed E-state index contributed by atoms with van der Waals surface area (Å²) in [6, 6.07) is 2.21. The van der Waals surface area contributed by atoms with Gasteiger partial charge in [0.1, 0.15) is 6.54 Å². The highest BCUT2D eigenvalue weighted by molar-refractivity contribution is 5.62. The Labute approximate surface area is 131 Å². The summed E-state index contributed by atoms with van der Waals surface area (Å²) in [5.74, 6) is 9.06. The molecule has 0 aliphatic carbocycles. The summed E-state index contributed by atoms with van der Waals surface area (Å²) in [5, 5.41) is 0. The molecular weight excluding hydrogens is 280 g/mol. The van der Waals surface area contributed by atoms with E-state index in [0.29, 0.717) is 0 Å². The van der Waals surface area contributed by atoms with E-state index in [0.717, 1.165) is 42.3 Å². The van der Waals surface area contributed by atoms with E-state index >= 15 is 0 Å². The highest BCUT2D eigenvalue weighted by atomic mass is 16.7. The molecule has 2 heterocycles. The third-order valence-electron chi connectivity index (χ3n) is 4.21. The maximum atomic E-state index is 5.67. The molecule has 2 N–H and O–H groups in total. The number of benzene rings is 1. The largest absolute Gasteiger partial charge is 0.492 e. The molecular formula is C17H24N2O3+2. The molecule has 0 radical (unpaired) electrons. The van der Waals surface area contributed by atoms with Crippen LogP contribution in [0.1, 0.15) is 17.2 Å². The molecule has 0 fully saturated rings. The SMILES string of the molecule is COc1c2c(cc3c1[C@H](C#CC[NH+](C)C)[NH+](C)CC3)OCO2. The molecule has 0 aromatic heterocycles. The highest BCUT2D eigenvalue weighted by Gasteiger charge is 2.35. The van der Waals surface area contributed by atoms with Gasteiger partial charge in [0.15, 0.2) is 17.5 Å². The molecule has 0 spiro atoms. The van der Waals surface area contributed by atoms with Gasteiger partial charge in [-0.05, 0) is 23.5 Å². The third-order valence-corrected chi connectivity index (χ3v) is 4.21. The van der Waals surface area contributed by atoms with Crippen molar-refractivity contribution in [1.29, 1.82) is 0 Å². The van der Waals surface area contributed by atoms with Crippen LogP contribution in [0.15, 0.2) is 6.07 Å². The Kier molecular flexibility index (Phi) is 4.14. The van der Waals surface area contributed by atoms with Gasteiger partial charge in [-0.25, -0.2) is 0 Å². The standard InChI is InChI=1S/C17H22N2O3/c1-18(2)8-5-6-13-15-12(7-9-19(13)3)10-14-16(17(15)20-4)22-11-21-14/h10,13H,7-9,11H2,1-4H3/p+2/t13-/m0/s1. The van der Waals surface area contributed by atoms with Crippen LogP contribution in [-0.4, -0.2) is 48.1 Å². The van der Waals surface area contributed by atoms with E-state index in [1.807, 2.05) is 0 Å². The first-order valence-corrected chi connectivity index (χ1v) is 7.71. The molecule has 0 saturated carbocycles. The second-order valence-corrected chi connectivity index (χ2v) is 6.20. The van der Waals surface area contributed by atoms with Crippen molar-refractivity contribution in [2.45, 2.75) is 12.5 Å². The summed E-state index contributed by atoms with van der Waals surface area (Å²) in [6.45, 7) is 2.16. The van der Waals surface area contributed by atoms with Crippen molar-refractivity contribution in [2.24, 2.45) is 0 Å². The first-order chi connectivity index (χ1) is 10.6. The molecule has 2 atom stereocenters. The number of hydrogen-bond acceptors (Lipinski definition) is 3. The molecule has 5 nitrogen and oxygen atoms in total. The fourth-order valence-electron chi connectivity index (χ4n) is 3.05. The average molecular weight is 304 g/mol. The third kappa shape index (κ3) is 2.60. The minimum Gasteiger partial charge on any atom is -0.492 e. The Morgan fingerprint density at radius 3 is 2.95 bits per heavy atom. The number of quaternary nitrogens is 2. The molecule has 0 bridgehead atoms. The number of fused-ring (bicyclic) bond motifs is 2. The molecule has 5 heteroatoms. The minimum atomic E-state index is 0.118. The molecule has 2 aliphatic rings. The van der Waals surface area contributed by atoms with Crippen LogP contribution in [0.2, 0.25) is 0 Å². The lowest BCUT2D eigenvalue weighted by atomic mass is 9.91. The summed E-state index contributed by atoms with van der Waals surface area (Å²) < 4.78 is 16.8. The number of rotatable bonds is 2. The lowest BCUT2D eigenvalue weighted by molar-refractivity contribution is -0.905. The van der Waals surface area contributed by atoms with E-state index < -0.39 is 0 Å². The molecule has 1 unspecified atom stereocenters. The van der Waals surface area contributed by atoms with E-state index in [9.17, 15) is 0 Å². The van der Waals surface area contributed by atoms with Crippen molar-refractivity contribution < 1.29 is 24.0 Å². The lowest BCUT2D eigenvalue weighted by Crippen LogP contribution is -3.10. The number of nitrogens with one attached hydrogen (secondary N) is 2. The number of methoxy groups -OCH3 is 1. The van der Waals surface area contributed by atoms with Gasteiger partial charge in [0, 0.05) is 6.42 Å². The molecule has 0 amide bonds. The van der Waals surface area contributed by atoms with Crippen LogP contribution in [-0.2, 0) is 6.42 Å². The average Bonchev–Trinajstić information content (AvgIpc) is 2.95. The second kappa shape index (κ2) is 6.07. The van der Waals surface area contributed by atoms with E-state index in [4.69, 9.17) is 14.2 Å². The summed E-state index contributed by atoms with van der Waals surface area (Å²) in [7, 11) is 8.10. The molecule has 2 aliphatic heterocycles. The van der Waals surface area contributed by atoms with Crippen molar-refractivity contribution in [3.63, 3.8) is 0 Å². The van der Waals surface area contributed by atoms with Gasteiger partial charge in [-0.2, -0.15) is 0 Å². The van der Waals surface area contributed by atoms with E-state index in [1.165, 1.54) is 15.4 Å². The Balaban J connectivity index is 2.06. The molecule has 118 valence electrons. The van der Waals surface area contributed by atoms with Gasteiger partial charge in [0.05, 0.1) is 40.4 Å². The van der Waals surface area contributed by atoms with Crippen molar-refractivity contribution in [2.75, 3.05) is 48.1 Å². The molecule has 0 saturated heterocycles. The van der Waals surface area contributed by atoms with E-state index in [2.05, 4.69) is 39.1 Å². The van der Waals surface area contributed by atoms with Crippen molar-refractivity contribution in [3.8, 4) is 29.1 Å². The van der Waals surface area contributed by atoms with Crippen LogP contribution < -0.4 is 24.0 Å². The first-order valence-electron chi connectivity index (χ1n) is 7.71. The van der Waals surface area contributed by atoms with Crippen LogP contribution in [0.25, 0.3) is 0 Å². The van der Waals surface area contributed by atoms with Crippen LogP contribution in [0.5, 0.6) is 17.2 Å². The predicted octanol–water partition coefficient (Wildman–Crippen LogP) is -1.32. The zero-order valence-corrected chi connectivity index (χ0v) is 13.7. The van der Waals surface area contributed by atoms with Gasteiger partial charge in [-0.3, -0.25) is 0 Å². The minimum absolute atomic E-state index is 0.118. The van der Waals surface area contributed by atoms with Crippen LogP contribution in [0.3, 0.4) is 0 Å². The zero-order valence-electron chi connectivity index (χ0n) is 13.7. The molecule has 3 rings (SSSR count). The normalized spacial score (nSPS) is 22.0. The summed E-state index contributed by atoms with van der Waals surface area (Å²) in [6.07, 6.45) is 1.01. The fraction of sp³-hybridized carbons (Fsp3) is 0.529. The Morgan fingerprint density at radius 1 is 1.41 bits per heavy atom. The van der Waals surface area contributed by atoms with Gasteiger partial charge in [0.2, 0.25) is 12.5 Å². The predicted molar refractivity (Wildman–Crippen MR) is 82.8 cm³/mol. The Morgan fingerprint density at radius 2 is 2.23 bits per heavy atom. The van der Waals surface area contributed by atoms with Crippen molar-refractivity contribution in [3.05, 3.63) is 17.2 Å². The monoisotopic (exact) mass is 304 g/mol. The topological polar surface area (TPSA) is 36.6 Å². The first kappa shape index (κ1) is 15.0. The molecule has 1 aromatic rings. The smallest absolute Gasteiger partial charge is 0.231 e. The van der Waals surface area contributed by atoms with Gasteiger partial charge in [-0.15, -0.1) is 0 Å². The quantitative estimate of drug-likeness (QED) is 0.666. The number of hydrogen-bond donors (Lipinski definition) is 2. The van der Waals surface area contributed by atoms with Crippen LogP contribution in [0.4, 0.5) is 0 Å². The number of likely N-dealkylation sites (N-methyl/N-ethyl adjacent to an activating group) is 1. The Hall–Kier alpha value is -1.90. The van der Waals surface area contributed by atoms with Crippen LogP contribution in [0, 0.1) is 11.8 Å². The summed E-state index contributed by atoms with van der Waals surface area (Å²) >= 11 is 0. The van der Waals surface area contributed by atoms with Gasteiger partial charge >= 0.3 is 0 Å². The van der Waals surface area contributed by atoms with Crippen molar-refractivity contribution in [1.82, 2.24) is 0 Å². The molecule has 1 aromatic carbocycles. The highest BCUT2D eigenvalue weighted by Crippen LogP contribution is 2.47. The van der Waals surface area contributed by atoms with Gasteiger partial charge < -0.3 is 24.0 Å². The Bertz CT molecular complexity index is 631. The van der Waals surface area contributed by atoms with Gasteiger partial charge in [-0.1, -0.05) is 0 Å². The number of ether oxygens (including phenoxy) is 3. The van der Waals surface area contributed by atoms with Crippen LogP contribution >= 0.6 is 0 Å². The van der Waals surface area contributed by atoms with Crippen molar-refractivity contribution >= 4 is 0 Å². The van der Waals surface area contributed by atoms with E-state index in [1.54, 1.807) is 7.11 Å². The summed E-state index contributed by atoms with van der Waals surface area (Å²) in [5.41, 5.74) is 2.43. The maximum absolute atomic E-state index is 5.67. The lowest BCUT2D eigenvalue weighted by Gasteiger charge is -2.29. The zero-order chi connectivity index (χ0) is 15.7.